The van der Waals surface area contributed by atoms with Crippen LogP contribution in [0.1, 0.15) is 21.7 Å². The monoisotopic (exact) mass is 282 g/mol. The third-order valence-corrected chi connectivity index (χ3v) is 3.17. The number of pyridine rings is 2. The van der Waals surface area contributed by atoms with Crippen molar-refractivity contribution in [3.05, 3.63) is 59.7 Å². The first-order valence-corrected chi connectivity index (χ1v) is 6.51. The number of nitrogens with zero attached hydrogens (tertiary/aromatic N) is 3. The molecule has 0 radical (unpaired) electrons. The van der Waals surface area contributed by atoms with Gasteiger partial charge in [0.15, 0.2) is 11.5 Å². The van der Waals surface area contributed by atoms with Crippen LogP contribution in [0.25, 0.3) is 5.65 Å². The molecular weight excluding hydrogens is 268 g/mol. The largest absolute Gasteiger partial charge is 0.476 e. The number of carbonyl (C=O) groups is 1. The van der Waals surface area contributed by atoms with Gasteiger partial charge in [0.1, 0.15) is 5.65 Å². The highest BCUT2D eigenvalue weighted by molar-refractivity contribution is 5.92. The molecule has 106 valence electrons. The SMILES string of the molecule is Cc1ccc(CNc2nc3ccccn3c2C(=O)O)cn1. The molecule has 0 bridgehead atoms. The molecule has 3 heterocycles. The maximum absolute atomic E-state index is 11.4. The van der Waals surface area contributed by atoms with E-state index in [0.29, 0.717) is 18.0 Å². The summed E-state index contributed by atoms with van der Waals surface area (Å²) in [5.41, 5.74) is 2.64. The molecule has 0 fully saturated rings. The highest BCUT2D eigenvalue weighted by Crippen LogP contribution is 2.18. The zero-order valence-electron chi connectivity index (χ0n) is 11.4. The minimum atomic E-state index is -1.02. The van der Waals surface area contributed by atoms with Crippen LogP contribution in [-0.4, -0.2) is 25.4 Å². The minimum Gasteiger partial charge on any atom is -0.476 e. The van der Waals surface area contributed by atoms with Crippen LogP contribution in [0.3, 0.4) is 0 Å². The lowest BCUT2D eigenvalue weighted by Gasteiger charge is -2.05. The Morgan fingerprint density at radius 2 is 2.19 bits per heavy atom. The third-order valence-electron chi connectivity index (χ3n) is 3.17. The van der Waals surface area contributed by atoms with E-state index >= 15 is 0 Å². The first-order chi connectivity index (χ1) is 10.1. The van der Waals surface area contributed by atoms with E-state index < -0.39 is 5.97 Å². The van der Waals surface area contributed by atoms with Gasteiger partial charge in [0.2, 0.25) is 0 Å². The first kappa shape index (κ1) is 13.1. The second-order valence-corrected chi connectivity index (χ2v) is 4.70. The predicted octanol–water partition coefficient (Wildman–Crippen LogP) is 2.35. The van der Waals surface area contributed by atoms with Crippen LogP contribution in [-0.2, 0) is 6.54 Å². The average molecular weight is 282 g/mol. The molecule has 0 amide bonds. The van der Waals surface area contributed by atoms with Gasteiger partial charge in [-0.15, -0.1) is 0 Å². The number of fused-ring (bicyclic) bond motifs is 1. The number of aromatic nitrogens is 3. The number of aromatic carboxylic acids is 1. The number of aryl methyl sites for hydroxylation is 1. The van der Waals surface area contributed by atoms with Crippen LogP contribution in [0.4, 0.5) is 5.82 Å². The van der Waals surface area contributed by atoms with Crippen LogP contribution in [0.5, 0.6) is 0 Å². The van der Waals surface area contributed by atoms with Gasteiger partial charge < -0.3 is 10.4 Å². The Hall–Kier alpha value is -2.89. The fourth-order valence-corrected chi connectivity index (χ4v) is 2.11. The van der Waals surface area contributed by atoms with E-state index in [1.807, 2.05) is 25.1 Å². The number of rotatable bonds is 4. The lowest BCUT2D eigenvalue weighted by atomic mass is 10.2. The standard InChI is InChI=1S/C15H14N4O2/c1-10-5-6-11(8-16-10)9-17-14-13(15(20)21)19-7-3-2-4-12(19)18-14/h2-8,17H,9H2,1H3,(H,20,21). The van der Waals surface area contributed by atoms with E-state index in [1.54, 1.807) is 28.9 Å². The van der Waals surface area contributed by atoms with Crippen LogP contribution < -0.4 is 5.32 Å². The maximum atomic E-state index is 11.4. The molecule has 0 saturated heterocycles. The van der Waals surface area contributed by atoms with E-state index in [0.717, 1.165) is 11.3 Å². The molecule has 0 unspecified atom stereocenters. The average Bonchev–Trinajstić information content (AvgIpc) is 2.85. The molecule has 0 aromatic carbocycles. The summed E-state index contributed by atoms with van der Waals surface area (Å²) in [5, 5.41) is 12.4. The summed E-state index contributed by atoms with van der Waals surface area (Å²) in [6.07, 6.45) is 3.45. The van der Waals surface area contributed by atoms with Crippen molar-refractivity contribution >= 4 is 17.4 Å². The number of hydrogen-bond acceptors (Lipinski definition) is 4. The van der Waals surface area contributed by atoms with Crippen molar-refractivity contribution in [3.63, 3.8) is 0 Å². The van der Waals surface area contributed by atoms with E-state index in [1.165, 1.54) is 0 Å². The van der Waals surface area contributed by atoms with Gasteiger partial charge in [-0.1, -0.05) is 12.1 Å². The molecule has 0 spiro atoms. The molecule has 21 heavy (non-hydrogen) atoms. The fourth-order valence-electron chi connectivity index (χ4n) is 2.11. The van der Waals surface area contributed by atoms with Crippen LogP contribution in [0.15, 0.2) is 42.7 Å². The van der Waals surface area contributed by atoms with Crippen molar-refractivity contribution in [1.29, 1.82) is 0 Å². The Morgan fingerprint density at radius 1 is 1.33 bits per heavy atom. The Morgan fingerprint density at radius 3 is 2.90 bits per heavy atom. The molecule has 0 atom stereocenters. The maximum Gasteiger partial charge on any atom is 0.356 e. The minimum absolute atomic E-state index is 0.130. The molecule has 3 aromatic rings. The van der Waals surface area contributed by atoms with Crippen molar-refractivity contribution in [1.82, 2.24) is 14.4 Å². The molecule has 6 nitrogen and oxygen atoms in total. The number of carboxylic acids is 1. The molecule has 0 aliphatic heterocycles. The Labute approximate surface area is 121 Å². The van der Waals surface area contributed by atoms with Crippen molar-refractivity contribution in [2.75, 3.05) is 5.32 Å². The summed E-state index contributed by atoms with van der Waals surface area (Å²) in [6, 6.07) is 9.23. The molecular formula is C15H14N4O2. The predicted molar refractivity (Wildman–Crippen MR) is 78.5 cm³/mol. The zero-order valence-corrected chi connectivity index (χ0v) is 11.4. The summed E-state index contributed by atoms with van der Waals surface area (Å²) in [5.74, 6) is -0.660. The molecule has 3 aromatic heterocycles. The van der Waals surface area contributed by atoms with Crippen molar-refractivity contribution in [2.45, 2.75) is 13.5 Å². The lowest BCUT2D eigenvalue weighted by Crippen LogP contribution is -2.08. The van der Waals surface area contributed by atoms with Crippen molar-refractivity contribution < 1.29 is 9.90 Å². The highest BCUT2D eigenvalue weighted by Gasteiger charge is 2.17. The summed E-state index contributed by atoms with van der Waals surface area (Å²) in [4.78, 5) is 20.0. The molecule has 2 N–H and O–H groups in total. The van der Waals surface area contributed by atoms with Crippen LogP contribution in [0, 0.1) is 6.92 Å². The van der Waals surface area contributed by atoms with Gasteiger partial charge in [-0.25, -0.2) is 9.78 Å². The third kappa shape index (κ3) is 2.55. The van der Waals surface area contributed by atoms with Crippen molar-refractivity contribution in [3.8, 4) is 0 Å². The zero-order chi connectivity index (χ0) is 14.8. The quantitative estimate of drug-likeness (QED) is 0.768. The summed E-state index contributed by atoms with van der Waals surface area (Å²) < 4.78 is 1.55. The number of carboxylic acid groups (broad SMARTS) is 1. The number of hydrogen-bond donors (Lipinski definition) is 2. The smallest absolute Gasteiger partial charge is 0.356 e. The number of anilines is 1. The summed E-state index contributed by atoms with van der Waals surface area (Å²) in [7, 11) is 0. The second kappa shape index (κ2) is 5.24. The van der Waals surface area contributed by atoms with Crippen molar-refractivity contribution in [2.24, 2.45) is 0 Å². The van der Waals surface area contributed by atoms with E-state index in [9.17, 15) is 9.90 Å². The van der Waals surface area contributed by atoms with Gasteiger partial charge in [-0.2, -0.15) is 0 Å². The van der Waals surface area contributed by atoms with Crippen LogP contribution >= 0.6 is 0 Å². The fraction of sp³-hybridized carbons (Fsp3) is 0.133. The second-order valence-electron chi connectivity index (χ2n) is 4.70. The Bertz CT molecular complexity index is 793. The van der Waals surface area contributed by atoms with Gasteiger partial charge in [-0.05, 0) is 30.7 Å². The molecule has 0 saturated carbocycles. The normalized spacial score (nSPS) is 10.7. The Balaban J connectivity index is 1.91. The van der Waals surface area contributed by atoms with E-state index in [2.05, 4.69) is 15.3 Å². The van der Waals surface area contributed by atoms with E-state index in [4.69, 9.17) is 0 Å². The molecule has 3 rings (SSSR count). The number of nitrogens with one attached hydrogen (secondary N) is 1. The number of imidazole rings is 1. The van der Waals surface area contributed by atoms with Gasteiger partial charge in [0, 0.05) is 24.6 Å². The summed E-state index contributed by atoms with van der Waals surface area (Å²) >= 11 is 0. The van der Waals surface area contributed by atoms with Gasteiger partial charge in [0.25, 0.3) is 0 Å². The molecule has 0 aliphatic carbocycles. The van der Waals surface area contributed by atoms with Gasteiger partial charge in [-0.3, -0.25) is 9.38 Å². The van der Waals surface area contributed by atoms with E-state index in [-0.39, 0.29) is 5.69 Å². The topological polar surface area (TPSA) is 79.5 Å². The highest BCUT2D eigenvalue weighted by atomic mass is 16.4. The lowest BCUT2D eigenvalue weighted by molar-refractivity contribution is 0.0690. The van der Waals surface area contributed by atoms with Gasteiger partial charge in [0.05, 0.1) is 0 Å². The first-order valence-electron chi connectivity index (χ1n) is 6.51. The Kier molecular flexibility index (Phi) is 3.27. The summed E-state index contributed by atoms with van der Waals surface area (Å²) in [6.45, 7) is 2.39. The van der Waals surface area contributed by atoms with Crippen LogP contribution in [0.2, 0.25) is 0 Å². The molecule has 0 aliphatic rings. The van der Waals surface area contributed by atoms with Gasteiger partial charge >= 0.3 is 5.97 Å². The molecule has 6 heteroatoms.